The molecule has 0 saturated heterocycles. The molecule has 1 aromatic heterocycles. The van der Waals surface area contributed by atoms with Crippen LogP contribution in [0.15, 0.2) is 24.5 Å². The molecule has 0 aliphatic carbocycles. The molecule has 14 heavy (non-hydrogen) atoms. The molecule has 0 aromatic carbocycles. The molecule has 1 rings (SSSR count). The highest BCUT2D eigenvalue weighted by atomic mass is 19.4. The number of alkyl halides is 3. The number of nitrogens with zero attached hydrogens (tertiary/aromatic N) is 1. The molecule has 0 atom stereocenters. The van der Waals surface area contributed by atoms with Gasteiger partial charge in [0.1, 0.15) is 6.61 Å². The number of carbonyl (C=O) groups excluding carboxylic acids is 1. The largest absolute Gasteiger partial charge is 0.490 e. The topological polar surface area (TPSA) is 39.2 Å². The maximum atomic E-state index is 11.7. The average molecular weight is 205 g/mol. The Morgan fingerprint density at radius 1 is 1.36 bits per heavy atom. The van der Waals surface area contributed by atoms with E-state index in [1.807, 2.05) is 0 Å². The maximum absolute atomic E-state index is 11.7. The summed E-state index contributed by atoms with van der Waals surface area (Å²) in [6.07, 6.45) is -2.14. The van der Waals surface area contributed by atoms with Gasteiger partial charge in [-0.25, -0.2) is 4.79 Å². The Kier molecular flexibility index (Phi) is 3.06. The van der Waals surface area contributed by atoms with E-state index in [0.717, 1.165) is 0 Å². The molecule has 0 unspecified atom stereocenters. The van der Waals surface area contributed by atoms with E-state index in [4.69, 9.17) is 0 Å². The lowest BCUT2D eigenvalue weighted by Crippen LogP contribution is -2.25. The van der Waals surface area contributed by atoms with Gasteiger partial charge in [0, 0.05) is 12.4 Å². The molecule has 0 fully saturated rings. The standard InChI is InChI=1S/C8H6F3NO2/c9-8(10,11)7(13)14-5-6-1-3-12-4-2-6/h1-4H,5H2. The predicted octanol–water partition coefficient (Wildman–Crippen LogP) is 1.69. The number of ether oxygens (including phenoxy) is 1. The van der Waals surface area contributed by atoms with Crippen molar-refractivity contribution in [1.29, 1.82) is 0 Å². The van der Waals surface area contributed by atoms with Gasteiger partial charge in [-0.1, -0.05) is 0 Å². The van der Waals surface area contributed by atoms with Gasteiger partial charge in [-0.05, 0) is 17.7 Å². The number of rotatable bonds is 2. The lowest BCUT2D eigenvalue weighted by atomic mass is 10.3. The monoisotopic (exact) mass is 205 g/mol. The molecular weight excluding hydrogens is 199 g/mol. The van der Waals surface area contributed by atoms with Gasteiger partial charge in [-0.3, -0.25) is 4.98 Å². The normalized spacial score (nSPS) is 11.1. The van der Waals surface area contributed by atoms with Crippen LogP contribution in [-0.4, -0.2) is 17.1 Å². The quantitative estimate of drug-likeness (QED) is 0.689. The number of hydrogen-bond acceptors (Lipinski definition) is 3. The summed E-state index contributed by atoms with van der Waals surface area (Å²) < 4.78 is 39.0. The lowest BCUT2D eigenvalue weighted by molar-refractivity contribution is -0.201. The molecule has 0 aliphatic rings. The minimum absolute atomic E-state index is 0.402. The van der Waals surface area contributed by atoms with Crippen molar-refractivity contribution < 1.29 is 22.7 Å². The van der Waals surface area contributed by atoms with Crippen molar-refractivity contribution in [2.75, 3.05) is 0 Å². The second-order valence-corrected chi connectivity index (χ2v) is 2.43. The van der Waals surface area contributed by atoms with E-state index < -0.39 is 18.8 Å². The first-order valence-electron chi connectivity index (χ1n) is 3.63. The first-order chi connectivity index (χ1) is 6.50. The van der Waals surface area contributed by atoms with E-state index in [2.05, 4.69) is 9.72 Å². The van der Waals surface area contributed by atoms with Crippen LogP contribution in [0.5, 0.6) is 0 Å². The zero-order valence-corrected chi connectivity index (χ0v) is 6.91. The molecule has 0 N–H and O–H groups in total. The average Bonchev–Trinajstić information content (AvgIpc) is 2.14. The molecule has 76 valence electrons. The van der Waals surface area contributed by atoms with Gasteiger partial charge in [0.15, 0.2) is 0 Å². The first-order valence-corrected chi connectivity index (χ1v) is 3.63. The van der Waals surface area contributed by atoms with Crippen LogP contribution in [0, 0.1) is 0 Å². The Bertz CT molecular complexity index is 310. The number of esters is 1. The van der Waals surface area contributed by atoms with Crippen LogP contribution in [0.2, 0.25) is 0 Å². The minimum Gasteiger partial charge on any atom is -0.454 e. The van der Waals surface area contributed by atoms with Crippen LogP contribution in [0.3, 0.4) is 0 Å². The van der Waals surface area contributed by atoms with E-state index in [9.17, 15) is 18.0 Å². The van der Waals surface area contributed by atoms with Crippen molar-refractivity contribution in [3.8, 4) is 0 Å². The zero-order chi connectivity index (χ0) is 10.6. The molecule has 0 bridgehead atoms. The molecule has 6 heteroatoms. The Labute approximate surface area is 77.5 Å². The third-order valence-electron chi connectivity index (χ3n) is 1.35. The Morgan fingerprint density at radius 2 is 1.93 bits per heavy atom. The summed E-state index contributed by atoms with van der Waals surface area (Å²) in [5.41, 5.74) is 0.456. The molecule has 1 heterocycles. The molecular formula is C8H6F3NO2. The van der Waals surface area contributed by atoms with Crippen LogP contribution in [0.4, 0.5) is 13.2 Å². The third-order valence-corrected chi connectivity index (χ3v) is 1.35. The molecule has 0 amide bonds. The molecule has 3 nitrogen and oxygen atoms in total. The van der Waals surface area contributed by atoms with E-state index in [1.54, 1.807) is 0 Å². The van der Waals surface area contributed by atoms with E-state index in [1.165, 1.54) is 24.5 Å². The molecule has 1 aromatic rings. The summed E-state index contributed by atoms with van der Waals surface area (Å²) in [6.45, 7) is -0.402. The summed E-state index contributed by atoms with van der Waals surface area (Å²) in [6, 6.07) is 2.92. The van der Waals surface area contributed by atoms with Crippen molar-refractivity contribution in [1.82, 2.24) is 4.98 Å². The van der Waals surface area contributed by atoms with Crippen molar-refractivity contribution in [3.63, 3.8) is 0 Å². The van der Waals surface area contributed by atoms with Gasteiger partial charge in [-0.2, -0.15) is 13.2 Å². The second-order valence-electron chi connectivity index (χ2n) is 2.43. The number of hydrogen-bond donors (Lipinski definition) is 0. The molecule has 0 spiro atoms. The Hall–Kier alpha value is -1.59. The summed E-state index contributed by atoms with van der Waals surface area (Å²) in [5, 5.41) is 0. The Morgan fingerprint density at radius 3 is 2.43 bits per heavy atom. The fourth-order valence-electron chi connectivity index (χ4n) is 0.710. The van der Waals surface area contributed by atoms with Crippen molar-refractivity contribution in [2.24, 2.45) is 0 Å². The van der Waals surface area contributed by atoms with E-state index in [-0.39, 0.29) is 0 Å². The highest BCUT2D eigenvalue weighted by molar-refractivity contribution is 5.75. The van der Waals surface area contributed by atoms with Gasteiger partial charge in [-0.15, -0.1) is 0 Å². The van der Waals surface area contributed by atoms with Gasteiger partial charge in [0.2, 0.25) is 0 Å². The van der Waals surface area contributed by atoms with Crippen LogP contribution in [0.1, 0.15) is 5.56 Å². The van der Waals surface area contributed by atoms with Gasteiger partial charge >= 0.3 is 12.1 Å². The number of aromatic nitrogens is 1. The van der Waals surface area contributed by atoms with Crippen LogP contribution >= 0.6 is 0 Å². The molecule has 0 saturated carbocycles. The van der Waals surface area contributed by atoms with E-state index in [0.29, 0.717) is 5.56 Å². The summed E-state index contributed by atoms with van der Waals surface area (Å²) in [4.78, 5) is 13.9. The third kappa shape index (κ3) is 3.04. The van der Waals surface area contributed by atoms with Crippen LogP contribution < -0.4 is 0 Å². The number of halogens is 3. The van der Waals surface area contributed by atoms with Crippen LogP contribution in [0.25, 0.3) is 0 Å². The SMILES string of the molecule is O=C(OCc1ccncc1)C(F)(F)F. The molecule has 0 radical (unpaired) electrons. The number of pyridine rings is 1. The first kappa shape index (κ1) is 10.5. The highest BCUT2D eigenvalue weighted by Gasteiger charge is 2.40. The van der Waals surface area contributed by atoms with Crippen molar-refractivity contribution >= 4 is 5.97 Å². The highest BCUT2D eigenvalue weighted by Crippen LogP contribution is 2.17. The minimum atomic E-state index is -4.94. The summed E-state index contributed by atoms with van der Waals surface area (Å²) in [5.74, 6) is -2.19. The lowest BCUT2D eigenvalue weighted by Gasteiger charge is -2.06. The smallest absolute Gasteiger partial charge is 0.454 e. The van der Waals surface area contributed by atoms with Crippen molar-refractivity contribution in [2.45, 2.75) is 12.8 Å². The number of carbonyl (C=O) groups is 1. The predicted molar refractivity (Wildman–Crippen MR) is 40.1 cm³/mol. The fourth-order valence-corrected chi connectivity index (χ4v) is 0.710. The summed E-state index contributed by atoms with van der Waals surface area (Å²) in [7, 11) is 0. The van der Waals surface area contributed by atoms with Crippen LogP contribution in [-0.2, 0) is 16.1 Å². The summed E-state index contributed by atoms with van der Waals surface area (Å²) >= 11 is 0. The Balaban J connectivity index is 2.46. The fraction of sp³-hybridized carbons (Fsp3) is 0.250. The van der Waals surface area contributed by atoms with E-state index >= 15 is 0 Å². The second kappa shape index (κ2) is 4.08. The van der Waals surface area contributed by atoms with Crippen molar-refractivity contribution in [3.05, 3.63) is 30.1 Å². The van der Waals surface area contributed by atoms with Gasteiger partial charge < -0.3 is 4.74 Å². The maximum Gasteiger partial charge on any atom is 0.490 e. The molecule has 0 aliphatic heterocycles. The zero-order valence-electron chi connectivity index (χ0n) is 6.91. The van der Waals surface area contributed by atoms with Gasteiger partial charge in [0.25, 0.3) is 0 Å². The van der Waals surface area contributed by atoms with Gasteiger partial charge in [0.05, 0.1) is 0 Å².